The highest BCUT2D eigenvalue weighted by Gasteiger charge is 2.32. The third kappa shape index (κ3) is 5.25. The van der Waals surface area contributed by atoms with Crippen LogP contribution in [-0.4, -0.2) is 6.36 Å². The minimum atomic E-state index is -4.91. The van der Waals surface area contributed by atoms with Crippen LogP contribution >= 0.6 is 11.6 Å². The topological polar surface area (TPSA) is 9.23 Å². The fourth-order valence-corrected chi connectivity index (χ4v) is 3.79. The van der Waals surface area contributed by atoms with Gasteiger partial charge in [-0.15, -0.1) is 13.2 Å². The highest BCUT2D eigenvalue weighted by Crippen LogP contribution is 2.37. The van der Waals surface area contributed by atoms with Crippen molar-refractivity contribution >= 4 is 11.6 Å². The lowest BCUT2D eigenvalue weighted by molar-refractivity contribution is -0.275. The van der Waals surface area contributed by atoms with Crippen LogP contribution in [0.1, 0.15) is 37.2 Å². The molecular weight excluding hydrogens is 380 g/mol. The summed E-state index contributed by atoms with van der Waals surface area (Å²) in [5.41, 5.74) is 4.06. The summed E-state index contributed by atoms with van der Waals surface area (Å²) in [6.45, 7) is 0. The molecule has 0 bridgehead atoms. The summed E-state index contributed by atoms with van der Waals surface area (Å²) in [5.74, 6) is -0.845. The Morgan fingerprint density at radius 1 is 0.926 bits per heavy atom. The molecule has 0 N–H and O–H groups in total. The summed E-state index contributed by atoms with van der Waals surface area (Å²) >= 11 is 5.65. The largest absolute Gasteiger partial charge is 0.573 e. The van der Waals surface area contributed by atoms with E-state index in [0.717, 1.165) is 43.4 Å². The smallest absolute Gasteiger partial charge is 0.403 e. The zero-order chi connectivity index (χ0) is 19.4. The molecule has 0 heterocycles. The lowest BCUT2D eigenvalue weighted by atomic mass is 9.78. The first-order valence-electron chi connectivity index (χ1n) is 8.78. The molecule has 1 aliphatic rings. The predicted molar refractivity (Wildman–Crippen MR) is 98.2 cm³/mol. The van der Waals surface area contributed by atoms with Crippen LogP contribution in [0.5, 0.6) is 5.75 Å². The standard InChI is InChI=1S/C21H19ClF4O/c22-12-11-14-1-3-15(4-2-14)16-5-7-17(8-6-16)18-9-10-20(19(23)13-18)27-21(24,25)26/h5-15H,1-4H2/b12-11+. The van der Waals surface area contributed by atoms with Gasteiger partial charge in [-0.05, 0) is 66.3 Å². The molecule has 27 heavy (non-hydrogen) atoms. The van der Waals surface area contributed by atoms with E-state index in [1.807, 2.05) is 30.3 Å². The quantitative estimate of drug-likeness (QED) is 0.487. The molecule has 0 saturated heterocycles. The molecule has 1 fully saturated rings. The van der Waals surface area contributed by atoms with Crippen LogP contribution in [0, 0.1) is 11.7 Å². The molecule has 0 amide bonds. The van der Waals surface area contributed by atoms with Gasteiger partial charge in [-0.25, -0.2) is 4.39 Å². The third-order valence-corrected chi connectivity index (χ3v) is 5.14. The van der Waals surface area contributed by atoms with Gasteiger partial charge in [-0.1, -0.05) is 48.0 Å². The van der Waals surface area contributed by atoms with Crippen molar-refractivity contribution in [2.75, 3.05) is 0 Å². The van der Waals surface area contributed by atoms with Crippen molar-refractivity contribution in [1.82, 2.24) is 0 Å². The second-order valence-electron chi connectivity index (χ2n) is 6.75. The lowest BCUT2D eigenvalue weighted by Gasteiger charge is -2.27. The first-order valence-corrected chi connectivity index (χ1v) is 9.22. The van der Waals surface area contributed by atoms with Gasteiger partial charge >= 0.3 is 6.36 Å². The first kappa shape index (κ1) is 19.7. The fraction of sp³-hybridized carbons (Fsp3) is 0.333. The van der Waals surface area contributed by atoms with E-state index in [2.05, 4.69) is 4.74 Å². The molecule has 0 spiro atoms. The Kier molecular flexibility index (Phi) is 6.10. The number of alkyl halides is 3. The van der Waals surface area contributed by atoms with Crippen LogP contribution in [0.2, 0.25) is 0 Å². The van der Waals surface area contributed by atoms with Crippen LogP contribution in [0.3, 0.4) is 0 Å². The molecule has 0 radical (unpaired) electrons. The van der Waals surface area contributed by atoms with Crippen molar-refractivity contribution in [1.29, 1.82) is 0 Å². The zero-order valence-electron chi connectivity index (χ0n) is 14.5. The average molecular weight is 399 g/mol. The Bertz CT molecular complexity index is 791. The molecule has 0 unspecified atom stereocenters. The summed E-state index contributed by atoms with van der Waals surface area (Å²) in [5, 5.41) is 0. The van der Waals surface area contributed by atoms with Gasteiger partial charge < -0.3 is 4.74 Å². The van der Waals surface area contributed by atoms with Crippen LogP contribution < -0.4 is 4.74 Å². The number of hydrogen-bond acceptors (Lipinski definition) is 1. The van der Waals surface area contributed by atoms with E-state index in [1.165, 1.54) is 11.6 Å². The van der Waals surface area contributed by atoms with Gasteiger partial charge in [0.25, 0.3) is 0 Å². The number of rotatable bonds is 4. The van der Waals surface area contributed by atoms with Gasteiger partial charge in [0.05, 0.1) is 0 Å². The van der Waals surface area contributed by atoms with Crippen LogP contribution in [0.25, 0.3) is 11.1 Å². The van der Waals surface area contributed by atoms with Crippen molar-refractivity contribution in [3.8, 4) is 16.9 Å². The maximum absolute atomic E-state index is 13.9. The zero-order valence-corrected chi connectivity index (χ0v) is 15.2. The van der Waals surface area contributed by atoms with E-state index in [9.17, 15) is 17.6 Å². The number of halogens is 5. The summed E-state index contributed by atoms with van der Waals surface area (Å²) in [7, 11) is 0. The Morgan fingerprint density at radius 2 is 1.56 bits per heavy atom. The molecular formula is C21H19ClF4O. The third-order valence-electron chi connectivity index (χ3n) is 4.99. The van der Waals surface area contributed by atoms with E-state index in [-0.39, 0.29) is 0 Å². The van der Waals surface area contributed by atoms with E-state index < -0.39 is 17.9 Å². The van der Waals surface area contributed by atoms with Crippen LogP contribution in [0.4, 0.5) is 17.6 Å². The van der Waals surface area contributed by atoms with E-state index >= 15 is 0 Å². The molecule has 0 aromatic heterocycles. The molecule has 144 valence electrons. The molecule has 3 rings (SSSR count). The Morgan fingerprint density at radius 3 is 2.11 bits per heavy atom. The van der Waals surface area contributed by atoms with Gasteiger partial charge in [0, 0.05) is 5.54 Å². The summed E-state index contributed by atoms with van der Waals surface area (Å²) in [4.78, 5) is 0. The van der Waals surface area contributed by atoms with Gasteiger partial charge in [-0.2, -0.15) is 0 Å². The monoisotopic (exact) mass is 398 g/mol. The minimum Gasteiger partial charge on any atom is -0.403 e. The van der Waals surface area contributed by atoms with Crippen molar-refractivity contribution in [3.63, 3.8) is 0 Å². The summed E-state index contributed by atoms with van der Waals surface area (Å²) in [6.07, 6.45) is 1.50. The fourth-order valence-electron chi connectivity index (χ4n) is 3.58. The van der Waals surface area contributed by atoms with Crippen molar-refractivity contribution < 1.29 is 22.3 Å². The highest BCUT2D eigenvalue weighted by atomic mass is 35.5. The predicted octanol–water partition coefficient (Wildman–Crippen LogP) is 7.42. The SMILES string of the molecule is Fc1cc(-c2ccc(C3CCC(/C=C/Cl)CC3)cc2)ccc1OC(F)(F)F. The summed E-state index contributed by atoms with van der Waals surface area (Å²) < 4.78 is 54.3. The molecule has 0 aliphatic heterocycles. The normalized spacial score (nSPS) is 20.8. The number of allylic oxidation sites excluding steroid dienone is 1. The Balaban J connectivity index is 1.70. The maximum atomic E-state index is 13.9. The highest BCUT2D eigenvalue weighted by molar-refractivity contribution is 6.25. The number of ether oxygens (including phenoxy) is 1. The van der Waals surface area contributed by atoms with Crippen LogP contribution in [-0.2, 0) is 0 Å². The molecule has 6 heteroatoms. The Hall–Kier alpha value is -2.01. The van der Waals surface area contributed by atoms with E-state index in [0.29, 0.717) is 17.4 Å². The average Bonchev–Trinajstić information content (AvgIpc) is 2.63. The number of benzene rings is 2. The molecule has 2 aromatic rings. The number of hydrogen-bond donors (Lipinski definition) is 0. The van der Waals surface area contributed by atoms with Crippen molar-refractivity contribution in [2.45, 2.75) is 38.0 Å². The van der Waals surface area contributed by atoms with Gasteiger partial charge in [0.2, 0.25) is 0 Å². The van der Waals surface area contributed by atoms with Crippen molar-refractivity contribution in [2.24, 2.45) is 5.92 Å². The molecule has 1 aliphatic carbocycles. The van der Waals surface area contributed by atoms with E-state index in [1.54, 1.807) is 5.54 Å². The molecule has 1 saturated carbocycles. The van der Waals surface area contributed by atoms with Gasteiger partial charge in [0.1, 0.15) is 0 Å². The molecule has 2 aromatic carbocycles. The van der Waals surface area contributed by atoms with E-state index in [4.69, 9.17) is 11.6 Å². The lowest BCUT2D eigenvalue weighted by Crippen LogP contribution is -2.17. The van der Waals surface area contributed by atoms with Gasteiger partial charge in [-0.3, -0.25) is 0 Å². The van der Waals surface area contributed by atoms with Crippen molar-refractivity contribution in [3.05, 3.63) is 65.5 Å². The van der Waals surface area contributed by atoms with Gasteiger partial charge in [0.15, 0.2) is 11.6 Å². The second-order valence-corrected chi connectivity index (χ2v) is 7.00. The maximum Gasteiger partial charge on any atom is 0.573 e. The van der Waals surface area contributed by atoms with Crippen LogP contribution in [0.15, 0.2) is 54.1 Å². The molecule has 1 nitrogen and oxygen atoms in total. The molecule has 0 atom stereocenters. The second kappa shape index (κ2) is 8.34. The minimum absolute atomic E-state index is 0.485. The first-order chi connectivity index (χ1) is 12.9. The Labute approximate surface area is 160 Å². The summed E-state index contributed by atoms with van der Waals surface area (Å²) in [6, 6.07) is 11.2.